The summed E-state index contributed by atoms with van der Waals surface area (Å²) in [5.41, 5.74) is 5.89. The van der Waals surface area contributed by atoms with Crippen LogP contribution in [-0.2, 0) is 0 Å². The molecule has 0 aliphatic rings. The van der Waals surface area contributed by atoms with Gasteiger partial charge >= 0.3 is 12.0 Å². The van der Waals surface area contributed by atoms with Gasteiger partial charge in [-0.15, -0.1) is 0 Å². The predicted molar refractivity (Wildman–Crippen MR) is 71.0 cm³/mol. The molecule has 2 aromatic carbocycles. The van der Waals surface area contributed by atoms with E-state index in [1.165, 1.54) is 0 Å². The van der Waals surface area contributed by atoms with Gasteiger partial charge < -0.3 is 15.8 Å². The summed E-state index contributed by atoms with van der Waals surface area (Å²) >= 11 is 0. The summed E-state index contributed by atoms with van der Waals surface area (Å²) in [4.78, 5) is 22.5. The Morgan fingerprint density at radius 1 is 0.947 bits per heavy atom. The first-order valence-electron chi connectivity index (χ1n) is 5.59. The molecule has 96 valence electrons. The quantitative estimate of drug-likeness (QED) is 0.653. The highest BCUT2D eigenvalue weighted by Crippen LogP contribution is 2.14. The number of rotatable bonds is 3. The average Bonchev–Trinajstić information content (AvgIpc) is 2.40. The Morgan fingerprint density at radius 3 is 2.16 bits per heavy atom. The summed E-state index contributed by atoms with van der Waals surface area (Å²) in [6, 6.07) is 14.4. The Labute approximate surface area is 110 Å². The van der Waals surface area contributed by atoms with Gasteiger partial charge in [-0.3, -0.25) is 0 Å². The van der Waals surface area contributed by atoms with E-state index in [-0.39, 0.29) is 0 Å². The number of esters is 1. The highest BCUT2D eigenvalue weighted by atomic mass is 16.5. The lowest BCUT2D eigenvalue weighted by Crippen LogP contribution is -2.19. The topological polar surface area (TPSA) is 81.4 Å². The number of nitrogens with two attached hydrogens (primary N) is 1. The van der Waals surface area contributed by atoms with E-state index in [1.807, 2.05) is 6.07 Å². The first kappa shape index (κ1) is 12.6. The Hall–Kier alpha value is -2.82. The summed E-state index contributed by atoms with van der Waals surface area (Å²) in [6.07, 6.45) is 0. The van der Waals surface area contributed by atoms with Gasteiger partial charge in [-0.2, -0.15) is 0 Å². The third kappa shape index (κ3) is 3.57. The first-order chi connectivity index (χ1) is 9.15. The zero-order valence-corrected chi connectivity index (χ0v) is 10.00. The highest BCUT2D eigenvalue weighted by molar-refractivity contribution is 5.92. The maximum atomic E-state index is 11.8. The Kier molecular flexibility index (Phi) is 3.78. The van der Waals surface area contributed by atoms with Gasteiger partial charge in [0, 0.05) is 5.69 Å². The van der Waals surface area contributed by atoms with Gasteiger partial charge in [-0.25, -0.2) is 9.59 Å². The fraction of sp³-hybridized carbons (Fsp3) is 0. The van der Waals surface area contributed by atoms with Crippen LogP contribution in [0, 0.1) is 0 Å². The van der Waals surface area contributed by atoms with Gasteiger partial charge in [-0.1, -0.05) is 18.2 Å². The molecule has 5 nitrogen and oxygen atoms in total. The second kappa shape index (κ2) is 5.68. The van der Waals surface area contributed by atoms with Crippen molar-refractivity contribution in [1.82, 2.24) is 0 Å². The van der Waals surface area contributed by atoms with Gasteiger partial charge in [0.2, 0.25) is 0 Å². The van der Waals surface area contributed by atoms with E-state index in [4.69, 9.17) is 10.5 Å². The Balaban J connectivity index is 2.05. The van der Waals surface area contributed by atoms with Crippen LogP contribution < -0.4 is 15.8 Å². The molecular formula is C14H12N2O3. The molecule has 0 heterocycles. The van der Waals surface area contributed by atoms with Crippen LogP contribution in [0.2, 0.25) is 0 Å². The maximum absolute atomic E-state index is 11.8. The van der Waals surface area contributed by atoms with Crippen LogP contribution in [0.1, 0.15) is 10.4 Å². The van der Waals surface area contributed by atoms with Crippen LogP contribution >= 0.6 is 0 Å². The van der Waals surface area contributed by atoms with Crippen LogP contribution in [0.3, 0.4) is 0 Å². The molecule has 0 unspecified atom stereocenters. The van der Waals surface area contributed by atoms with Crippen molar-refractivity contribution in [2.45, 2.75) is 0 Å². The van der Waals surface area contributed by atoms with Crippen molar-refractivity contribution in [3.8, 4) is 5.75 Å². The number of ether oxygens (including phenoxy) is 1. The van der Waals surface area contributed by atoms with Gasteiger partial charge in [0.1, 0.15) is 5.75 Å². The van der Waals surface area contributed by atoms with Crippen LogP contribution in [0.25, 0.3) is 0 Å². The minimum Gasteiger partial charge on any atom is -0.423 e. The molecule has 2 amide bonds. The number of urea groups is 1. The van der Waals surface area contributed by atoms with Crippen molar-refractivity contribution in [1.29, 1.82) is 0 Å². The summed E-state index contributed by atoms with van der Waals surface area (Å²) in [6.45, 7) is 0. The largest absolute Gasteiger partial charge is 0.423 e. The van der Waals surface area contributed by atoms with Gasteiger partial charge in [0.05, 0.1) is 5.56 Å². The normalized spacial score (nSPS) is 9.68. The van der Waals surface area contributed by atoms with E-state index in [9.17, 15) is 9.59 Å². The second-order valence-electron chi connectivity index (χ2n) is 3.77. The van der Waals surface area contributed by atoms with E-state index in [2.05, 4.69) is 5.32 Å². The molecular weight excluding hydrogens is 244 g/mol. The van der Waals surface area contributed by atoms with Crippen molar-refractivity contribution in [3.05, 3.63) is 60.2 Å². The third-order valence-electron chi connectivity index (χ3n) is 2.34. The Bertz CT molecular complexity index is 579. The molecule has 2 rings (SSSR count). The molecule has 0 fully saturated rings. The van der Waals surface area contributed by atoms with Crippen molar-refractivity contribution < 1.29 is 14.3 Å². The van der Waals surface area contributed by atoms with E-state index < -0.39 is 12.0 Å². The number of benzene rings is 2. The van der Waals surface area contributed by atoms with Crippen molar-refractivity contribution in [2.75, 3.05) is 5.32 Å². The van der Waals surface area contributed by atoms with Crippen LogP contribution in [0.4, 0.5) is 10.5 Å². The van der Waals surface area contributed by atoms with E-state index in [0.29, 0.717) is 17.0 Å². The zero-order chi connectivity index (χ0) is 13.7. The third-order valence-corrected chi connectivity index (χ3v) is 2.34. The number of hydrogen-bond donors (Lipinski definition) is 2. The smallest absolute Gasteiger partial charge is 0.343 e. The number of primary amides is 1. The highest BCUT2D eigenvalue weighted by Gasteiger charge is 2.08. The van der Waals surface area contributed by atoms with E-state index in [1.54, 1.807) is 48.5 Å². The standard InChI is InChI=1S/C14H12N2O3/c15-14(18)16-11-8-6-10(7-9-11)13(17)19-12-4-2-1-3-5-12/h1-9H,(H3,15,16,18). The summed E-state index contributed by atoms with van der Waals surface area (Å²) < 4.78 is 5.17. The van der Waals surface area contributed by atoms with E-state index in [0.717, 1.165) is 0 Å². The molecule has 0 radical (unpaired) electrons. The number of amides is 2. The Morgan fingerprint density at radius 2 is 1.58 bits per heavy atom. The summed E-state index contributed by atoms with van der Waals surface area (Å²) in [5.74, 6) is 0.0173. The molecule has 3 N–H and O–H groups in total. The molecule has 19 heavy (non-hydrogen) atoms. The monoisotopic (exact) mass is 256 g/mol. The molecule has 0 saturated heterocycles. The first-order valence-corrected chi connectivity index (χ1v) is 5.59. The van der Waals surface area contributed by atoms with Crippen LogP contribution in [0.5, 0.6) is 5.75 Å². The molecule has 2 aromatic rings. The molecule has 0 spiro atoms. The number of hydrogen-bond acceptors (Lipinski definition) is 3. The van der Waals surface area contributed by atoms with Gasteiger partial charge in [-0.05, 0) is 36.4 Å². The summed E-state index contributed by atoms with van der Waals surface area (Å²) in [5, 5.41) is 2.41. The predicted octanol–water partition coefficient (Wildman–Crippen LogP) is 2.40. The number of anilines is 1. The molecule has 0 aliphatic carbocycles. The van der Waals surface area contributed by atoms with E-state index >= 15 is 0 Å². The lowest BCUT2D eigenvalue weighted by molar-refractivity contribution is 0.0735. The van der Waals surface area contributed by atoms with Crippen molar-refractivity contribution in [3.63, 3.8) is 0 Å². The lowest BCUT2D eigenvalue weighted by atomic mass is 10.2. The van der Waals surface area contributed by atoms with Crippen molar-refractivity contribution >= 4 is 17.7 Å². The van der Waals surface area contributed by atoms with Crippen LogP contribution in [-0.4, -0.2) is 12.0 Å². The lowest BCUT2D eigenvalue weighted by Gasteiger charge is -2.05. The molecule has 0 aliphatic heterocycles. The molecule has 0 saturated carbocycles. The average molecular weight is 256 g/mol. The minimum atomic E-state index is -0.653. The number of carbonyl (C=O) groups excluding carboxylic acids is 2. The number of para-hydroxylation sites is 1. The fourth-order valence-corrected chi connectivity index (χ4v) is 1.49. The number of nitrogens with one attached hydrogen (secondary N) is 1. The SMILES string of the molecule is NC(=O)Nc1ccc(C(=O)Oc2ccccc2)cc1. The zero-order valence-electron chi connectivity index (χ0n) is 10.00. The summed E-state index contributed by atoms with van der Waals surface area (Å²) in [7, 11) is 0. The molecule has 0 atom stereocenters. The van der Waals surface area contributed by atoms with Crippen molar-refractivity contribution in [2.24, 2.45) is 5.73 Å². The molecule has 0 bridgehead atoms. The number of carbonyl (C=O) groups is 2. The minimum absolute atomic E-state index is 0.388. The molecule has 0 aromatic heterocycles. The second-order valence-corrected chi connectivity index (χ2v) is 3.77. The van der Waals surface area contributed by atoms with Crippen LogP contribution in [0.15, 0.2) is 54.6 Å². The molecule has 5 heteroatoms. The van der Waals surface area contributed by atoms with Gasteiger partial charge in [0.15, 0.2) is 0 Å². The maximum Gasteiger partial charge on any atom is 0.343 e. The van der Waals surface area contributed by atoms with Gasteiger partial charge in [0.25, 0.3) is 0 Å². The fourth-order valence-electron chi connectivity index (χ4n) is 1.49.